The Hall–Kier alpha value is -3.07. The second-order valence-electron chi connectivity index (χ2n) is 7.27. The first-order valence-electron chi connectivity index (χ1n) is 9.75. The van der Waals surface area contributed by atoms with Crippen LogP contribution < -0.4 is 14.4 Å². The zero-order chi connectivity index (χ0) is 23.2. The third-order valence-corrected chi connectivity index (χ3v) is 6.05. The second-order valence-corrected chi connectivity index (χ2v) is 9.18. The van der Waals surface area contributed by atoms with E-state index in [1.54, 1.807) is 31.2 Å². The van der Waals surface area contributed by atoms with Crippen molar-refractivity contribution in [1.82, 2.24) is 10.2 Å². The van der Waals surface area contributed by atoms with Gasteiger partial charge in [0.05, 0.1) is 19.1 Å². The van der Waals surface area contributed by atoms with Crippen molar-refractivity contribution < 1.29 is 22.7 Å². The van der Waals surface area contributed by atoms with Crippen molar-refractivity contribution in [3.8, 4) is 5.75 Å². The number of methoxy groups -OCH3 is 1. The summed E-state index contributed by atoms with van der Waals surface area (Å²) < 4.78 is 31.1. The molecule has 0 saturated carbocycles. The quantitative estimate of drug-likeness (QED) is 0.634. The maximum Gasteiger partial charge on any atom is 0.244 e. The number of likely N-dealkylation sites (N-methyl/N-ethyl adjacent to an activating group) is 1. The molecule has 0 spiro atoms. The summed E-state index contributed by atoms with van der Waals surface area (Å²) in [5.41, 5.74) is 2.21. The molecule has 0 aromatic heterocycles. The van der Waals surface area contributed by atoms with Gasteiger partial charge in [-0.3, -0.25) is 13.9 Å². The van der Waals surface area contributed by atoms with Gasteiger partial charge in [0.2, 0.25) is 21.8 Å². The highest BCUT2D eigenvalue weighted by Crippen LogP contribution is 2.23. The highest BCUT2D eigenvalue weighted by Gasteiger charge is 2.29. The molecule has 31 heavy (non-hydrogen) atoms. The molecular weight excluding hydrogens is 418 g/mol. The lowest BCUT2D eigenvalue weighted by Gasteiger charge is -2.31. The lowest BCUT2D eigenvalue weighted by molar-refractivity contribution is -0.139. The third kappa shape index (κ3) is 6.45. The Bertz CT molecular complexity index is 1020. The number of rotatable bonds is 9. The lowest BCUT2D eigenvalue weighted by atomic mass is 10.1. The Morgan fingerprint density at radius 2 is 1.77 bits per heavy atom. The molecule has 1 N–H and O–H groups in total. The van der Waals surface area contributed by atoms with Crippen LogP contribution in [-0.2, 0) is 26.2 Å². The summed E-state index contributed by atoms with van der Waals surface area (Å²) in [6.07, 6.45) is 1.03. The lowest BCUT2D eigenvalue weighted by Crippen LogP contribution is -2.50. The Balaban J connectivity index is 2.38. The van der Waals surface area contributed by atoms with Gasteiger partial charge < -0.3 is 15.0 Å². The molecule has 2 rings (SSSR count). The fourth-order valence-corrected chi connectivity index (χ4v) is 3.90. The van der Waals surface area contributed by atoms with Crippen LogP contribution in [0.2, 0.25) is 0 Å². The molecule has 9 heteroatoms. The zero-order valence-electron chi connectivity index (χ0n) is 18.5. The minimum Gasteiger partial charge on any atom is -0.497 e. The number of nitrogens with one attached hydrogen (secondary N) is 1. The standard InChI is InChI=1S/C22H29N3O5S/c1-16-9-11-18(12-10-16)14-24(17(2)22(27)23-3)21(26)15-25(31(5,28)29)19-7-6-8-20(13-19)30-4/h6-13,17H,14-15H2,1-5H3,(H,23,27)/t17-/m0/s1. The number of hydrogen-bond donors (Lipinski definition) is 1. The molecule has 0 bridgehead atoms. The molecule has 2 amide bonds. The number of carbonyl (C=O) groups excluding carboxylic acids is 2. The van der Waals surface area contributed by atoms with E-state index in [4.69, 9.17) is 4.74 Å². The minimum absolute atomic E-state index is 0.170. The maximum atomic E-state index is 13.3. The van der Waals surface area contributed by atoms with Gasteiger partial charge in [0.25, 0.3) is 0 Å². The molecule has 0 unspecified atom stereocenters. The molecule has 0 fully saturated rings. The predicted molar refractivity (Wildman–Crippen MR) is 120 cm³/mol. The Labute approximate surface area is 183 Å². The van der Waals surface area contributed by atoms with Crippen molar-refractivity contribution in [3.05, 3.63) is 59.7 Å². The number of aryl methyl sites for hydroxylation is 1. The zero-order valence-corrected chi connectivity index (χ0v) is 19.3. The second kappa shape index (κ2) is 10.3. The summed E-state index contributed by atoms with van der Waals surface area (Å²) in [6, 6.07) is 13.3. The summed E-state index contributed by atoms with van der Waals surface area (Å²) in [5, 5.41) is 2.54. The van der Waals surface area contributed by atoms with Gasteiger partial charge in [-0.1, -0.05) is 35.9 Å². The van der Waals surface area contributed by atoms with Crippen LogP contribution in [0.3, 0.4) is 0 Å². The summed E-state index contributed by atoms with van der Waals surface area (Å²) in [6.45, 7) is 3.29. The first kappa shape index (κ1) is 24.2. The van der Waals surface area contributed by atoms with Crippen LogP contribution in [0.25, 0.3) is 0 Å². The van der Waals surface area contributed by atoms with E-state index >= 15 is 0 Å². The topological polar surface area (TPSA) is 96.0 Å². The van der Waals surface area contributed by atoms with Gasteiger partial charge in [-0.2, -0.15) is 0 Å². The molecule has 168 valence electrons. The summed E-state index contributed by atoms with van der Waals surface area (Å²) in [4.78, 5) is 26.9. The summed E-state index contributed by atoms with van der Waals surface area (Å²) in [7, 11) is -0.804. The molecule has 0 saturated heterocycles. The molecule has 2 aromatic rings. The van der Waals surface area contributed by atoms with Crippen LogP contribution in [0.15, 0.2) is 48.5 Å². The molecule has 0 aliphatic rings. The predicted octanol–water partition coefficient (Wildman–Crippen LogP) is 1.93. The van der Waals surface area contributed by atoms with Crippen LogP contribution in [0.1, 0.15) is 18.1 Å². The van der Waals surface area contributed by atoms with E-state index in [0.717, 1.165) is 21.7 Å². The maximum absolute atomic E-state index is 13.3. The monoisotopic (exact) mass is 447 g/mol. The number of sulfonamides is 1. The average Bonchev–Trinajstić information content (AvgIpc) is 2.75. The van der Waals surface area contributed by atoms with Crippen LogP contribution in [0.4, 0.5) is 5.69 Å². The Morgan fingerprint density at radius 3 is 2.32 bits per heavy atom. The average molecular weight is 448 g/mol. The molecule has 1 atom stereocenters. The van der Waals surface area contributed by atoms with E-state index < -0.39 is 28.5 Å². The van der Waals surface area contributed by atoms with Crippen molar-refractivity contribution in [2.75, 3.05) is 31.3 Å². The smallest absolute Gasteiger partial charge is 0.244 e. The van der Waals surface area contributed by atoms with Gasteiger partial charge in [0.1, 0.15) is 18.3 Å². The number of anilines is 1. The van der Waals surface area contributed by atoms with E-state index in [9.17, 15) is 18.0 Å². The molecule has 0 radical (unpaired) electrons. The van der Waals surface area contributed by atoms with E-state index in [2.05, 4.69) is 5.32 Å². The summed E-state index contributed by atoms with van der Waals surface area (Å²) >= 11 is 0. The van der Waals surface area contributed by atoms with Gasteiger partial charge in [0, 0.05) is 19.7 Å². The first-order chi connectivity index (χ1) is 14.6. The highest BCUT2D eigenvalue weighted by molar-refractivity contribution is 7.92. The molecule has 2 aromatic carbocycles. The molecule has 0 heterocycles. The Morgan fingerprint density at radius 1 is 1.13 bits per heavy atom. The molecule has 0 aliphatic heterocycles. The van der Waals surface area contributed by atoms with Crippen molar-refractivity contribution in [2.45, 2.75) is 26.4 Å². The SMILES string of the molecule is CNC(=O)[C@H](C)N(Cc1ccc(C)cc1)C(=O)CN(c1cccc(OC)c1)S(C)(=O)=O. The molecule has 8 nitrogen and oxygen atoms in total. The molecular formula is C22H29N3O5S. The van der Waals surface area contributed by atoms with E-state index in [1.165, 1.54) is 19.1 Å². The van der Waals surface area contributed by atoms with Crippen LogP contribution in [0.5, 0.6) is 5.75 Å². The number of benzene rings is 2. The van der Waals surface area contributed by atoms with Crippen LogP contribution in [-0.4, -0.2) is 58.1 Å². The third-order valence-electron chi connectivity index (χ3n) is 4.91. The van der Waals surface area contributed by atoms with Crippen molar-refractivity contribution in [2.24, 2.45) is 0 Å². The van der Waals surface area contributed by atoms with Gasteiger partial charge in [-0.05, 0) is 31.5 Å². The van der Waals surface area contributed by atoms with Crippen molar-refractivity contribution in [3.63, 3.8) is 0 Å². The van der Waals surface area contributed by atoms with Crippen molar-refractivity contribution >= 4 is 27.5 Å². The normalized spacial score (nSPS) is 12.0. The minimum atomic E-state index is -3.77. The molecule has 0 aliphatic carbocycles. The number of hydrogen-bond acceptors (Lipinski definition) is 5. The fourth-order valence-electron chi connectivity index (χ4n) is 3.06. The van der Waals surface area contributed by atoms with Gasteiger partial charge in [-0.25, -0.2) is 8.42 Å². The van der Waals surface area contributed by atoms with E-state index in [1.807, 2.05) is 31.2 Å². The van der Waals surface area contributed by atoms with Crippen LogP contribution in [0, 0.1) is 6.92 Å². The number of carbonyl (C=O) groups is 2. The van der Waals surface area contributed by atoms with E-state index in [0.29, 0.717) is 11.4 Å². The fraction of sp³-hybridized carbons (Fsp3) is 0.364. The number of ether oxygens (including phenoxy) is 1. The van der Waals surface area contributed by atoms with Gasteiger partial charge in [0.15, 0.2) is 0 Å². The Kier molecular flexibility index (Phi) is 8.04. The number of amides is 2. The summed E-state index contributed by atoms with van der Waals surface area (Å²) in [5.74, 6) is -0.369. The van der Waals surface area contributed by atoms with Gasteiger partial charge in [-0.15, -0.1) is 0 Å². The first-order valence-corrected chi connectivity index (χ1v) is 11.6. The number of nitrogens with zero attached hydrogens (tertiary/aromatic N) is 2. The van der Waals surface area contributed by atoms with Gasteiger partial charge >= 0.3 is 0 Å². The van der Waals surface area contributed by atoms with Crippen LogP contribution >= 0.6 is 0 Å². The van der Waals surface area contributed by atoms with Crippen molar-refractivity contribution in [1.29, 1.82) is 0 Å². The van der Waals surface area contributed by atoms with E-state index in [-0.39, 0.29) is 12.5 Å². The highest BCUT2D eigenvalue weighted by atomic mass is 32.2. The largest absolute Gasteiger partial charge is 0.497 e.